The van der Waals surface area contributed by atoms with Gasteiger partial charge in [-0.3, -0.25) is 19.2 Å². The number of hydrogen-bond donors (Lipinski definition) is 10. The van der Waals surface area contributed by atoms with Crippen molar-refractivity contribution in [2.45, 2.75) is 38.0 Å². The van der Waals surface area contributed by atoms with E-state index in [2.05, 4.69) is 9.98 Å². The molecule has 4 aromatic carbocycles. The van der Waals surface area contributed by atoms with E-state index >= 15 is 0 Å². The number of nitrogens with zero attached hydrogens (tertiary/aromatic N) is 4. The first-order valence-electron chi connectivity index (χ1n) is 21.5. The first-order valence-corrected chi connectivity index (χ1v) is 24.4. The minimum Gasteiger partial charge on any atom is -0.481 e. The Morgan fingerprint density at radius 3 is 1.11 bits per heavy atom. The van der Waals surface area contributed by atoms with Crippen molar-refractivity contribution in [3.8, 4) is 11.5 Å². The lowest BCUT2D eigenvalue weighted by Crippen LogP contribution is -2.49. The summed E-state index contributed by atoms with van der Waals surface area (Å²) in [5, 5.41) is 37.4. The van der Waals surface area contributed by atoms with Crippen LogP contribution < -0.4 is 41.9 Å². The van der Waals surface area contributed by atoms with Gasteiger partial charge in [-0.15, -0.1) is 0 Å². The number of carbonyl (C=O) groups excluding carboxylic acids is 2. The Hall–Kier alpha value is -8.10. The molecule has 14 N–H and O–H groups in total. The minimum atomic E-state index is -4.73. The molecule has 0 saturated heterocycles. The zero-order valence-electron chi connectivity index (χ0n) is 38.9. The van der Waals surface area contributed by atoms with Crippen LogP contribution in [0.4, 0.5) is 11.4 Å². The van der Waals surface area contributed by atoms with E-state index < -0.39 is 107 Å². The maximum atomic E-state index is 13.5. The van der Waals surface area contributed by atoms with Crippen LogP contribution in [0.15, 0.2) is 107 Å². The summed E-state index contributed by atoms with van der Waals surface area (Å²) in [6.45, 7) is -2.75. The number of carboxylic acid groups (broad SMARTS) is 4. The van der Waals surface area contributed by atoms with Gasteiger partial charge in [-0.25, -0.2) is 19.6 Å². The second-order valence-corrected chi connectivity index (χ2v) is 18.8. The van der Waals surface area contributed by atoms with E-state index in [4.69, 9.17) is 41.9 Å². The quantitative estimate of drug-likeness (QED) is 0.0103. The van der Waals surface area contributed by atoms with Crippen LogP contribution in [-0.4, -0.2) is 145 Å². The zero-order valence-corrected chi connectivity index (χ0v) is 40.5. The van der Waals surface area contributed by atoms with Crippen molar-refractivity contribution in [2.24, 2.45) is 32.9 Å². The van der Waals surface area contributed by atoms with Gasteiger partial charge in [0.25, 0.3) is 20.4 Å². The van der Waals surface area contributed by atoms with Crippen LogP contribution in [0.2, 0.25) is 0 Å². The lowest BCUT2D eigenvalue weighted by molar-refractivity contribution is -0.145. The minimum absolute atomic E-state index is 0.0788. The Morgan fingerprint density at radius 2 is 0.824 bits per heavy atom. The first-order chi connectivity index (χ1) is 34.9. The van der Waals surface area contributed by atoms with E-state index in [1.807, 2.05) is 9.44 Å². The van der Waals surface area contributed by atoms with E-state index in [1.54, 1.807) is 0 Å². The van der Waals surface area contributed by atoms with Crippen LogP contribution in [0.25, 0.3) is 0 Å². The molecular weight excluding hydrogens is 1020 g/mol. The number of guanidine groups is 2. The molecule has 74 heavy (non-hydrogen) atoms. The predicted octanol–water partition coefficient (Wildman–Crippen LogP) is -0.203. The van der Waals surface area contributed by atoms with Crippen molar-refractivity contribution in [1.82, 2.24) is 18.1 Å². The first kappa shape index (κ1) is 58.5. The highest BCUT2D eigenvalue weighted by molar-refractivity contribution is 7.87. The molecule has 0 amide bonds. The molecular formula is C44H52N10O18S2. The Bertz CT molecular complexity index is 2690. The number of nitrogens with two attached hydrogens (primary N) is 4. The summed E-state index contributed by atoms with van der Waals surface area (Å²) in [6, 6.07) is 18.7. The number of rotatable bonds is 31. The van der Waals surface area contributed by atoms with Crippen molar-refractivity contribution in [3.05, 3.63) is 119 Å². The second-order valence-electron chi connectivity index (χ2n) is 15.3. The molecule has 2 atom stereocenters. The maximum absolute atomic E-state index is 13.5. The molecule has 30 heteroatoms. The van der Waals surface area contributed by atoms with E-state index in [0.29, 0.717) is 22.5 Å². The summed E-state index contributed by atoms with van der Waals surface area (Å²) in [5.74, 6) is -8.38. The second kappa shape index (κ2) is 27.6. The topological polar surface area (TPSA) is 448 Å². The fourth-order valence-corrected chi connectivity index (χ4v) is 8.80. The molecule has 0 saturated carbocycles. The van der Waals surface area contributed by atoms with Crippen molar-refractivity contribution in [3.63, 3.8) is 0 Å². The lowest BCUT2D eigenvalue weighted by atomic mass is 10.2. The number of carboxylic acids is 4. The number of carbonyl (C=O) groups is 6. The standard InChI is InChI=1S/C44H52N10O18S2/c45-43(46)49-31-9-5-29(6-10-31)41(63)71-33-13-1-27(2-14-33)25-53(73(65,66)51-35(39(59)60)23-37(55)56)17-19-69-21-22-70-20-18-54(74(67,68)52-36(40(61)62)24-38(57)58)26-28-3-15-34(16-4-28)72-42(64)30-7-11-32(12-8-30)50-44(47)48/h1-16,35-36,51-52H,17-26H2,(H,55,56)(H,57,58)(H,59,60)(H,61,62)(H4,45,46,49)(H4,47,48,50)/t35-,36-/m0/s1. The molecule has 0 bridgehead atoms. The highest BCUT2D eigenvalue weighted by atomic mass is 32.2. The van der Waals surface area contributed by atoms with E-state index in [9.17, 15) is 66.0 Å². The highest BCUT2D eigenvalue weighted by Crippen LogP contribution is 2.21. The van der Waals surface area contributed by atoms with Crippen molar-refractivity contribution in [1.29, 1.82) is 0 Å². The molecule has 0 aliphatic carbocycles. The fourth-order valence-electron chi connectivity index (χ4n) is 6.15. The lowest BCUT2D eigenvalue weighted by Gasteiger charge is -2.25. The Labute approximate surface area is 422 Å². The molecule has 0 spiro atoms. The summed E-state index contributed by atoms with van der Waals surface area (Å²) in [5.41, 5.74) is 23.2. The number of nitrogens with one attached hydrogen (secondary N) is 2. The number of esters is 2. The molecule has 28 nitrogen and oxygen atoms in total. The summed E-state index contributed by atoms with van der Waals surface area (Å²) < 4.78 is 81.2. The van der Waals surface area contributed by atoms with Crippen LogP contribution in [-0.2, 0) is 62.2 Å². The van der Waals surface area contributed by atoms with Gasteiger partial charge in [0.05, 0.1) is 61.8 Å². The third-order valence-electron chi connectivity index (χ3n) is 9.67. The average Bonchev–Trinajstić information content (AvgIpc) is 3.31. The number of ether oxygens (including phenoxy) is 4. The van der Waals surface area contributed by atoms with Crippen LogP contribution in [0, 0.1) is 0 Å². The monoisotopic (exact) mass is 1070 g/mol. The molecule has 0 aromatic heterocycles. The predicted molar refractivity (Wildman–Crippen MR) is 261 cm³/mol. The summed E-state index contributed by atoms with van der Waals surface area (Å²) in [7, 11) is -9.47. The van der Waals surface area contributed by atoms with Gasteiger partial charge in [-0.05, 0) is 83.9 Å². The van der Waals surface area contributed by atoms with Crippen LogP contribution in [0.1, 0.15) is 44.7 Å². The number of aliphatic imine (C=N–C) groups is 2. The SMILES string of the molecule is NC(N)=Nc1ccc(C(=O)Oc2ccc(CN(CCOCCOCCN(Cc3ccc(OC(=O)c4ccc(N=C(N)N)cc4)cc3)S(=O)(=O)N[C@@H](CC(=O)O)C(=O)O)S(=O)(=O)N[C@@H](CC(=O)O)C(=O)O)cc2)cc1. The van der Waals surface area contributed by atoms with Gasteiger partial charge in [-0.2, -0.15) is 34.9 Å². The smallest absolute Gasteiger partial charge is 0.343 e. The molecule has 0 fully saturated rings. The third kappa shape index (κ3) is 19.8. The summed E-state index contributed by atoms with van der Waals surface area (Å²) >= 11 is 0. The van der Waals surface area contributed by atoms with Crippen LogP contribution in [0.3, 0.4) is 0 Å². The summed E-state index contributed by atoms with van der Waals surface area (Å²) in [6.07, 6.45) is -2.18. The number of benzene rings is 4. The van der Waals surface area contributed by atoms with Gasteiger partial charge in [0.1, 0.15) is 23.6 Å². The average molecular weight is 1070 g/mol. The summed E-state index contributed by atoms with van der Waals surface area (Å²) in [4.78, 5) is 79.3. The van der Waals surface area contributed by atoms with Crippen LogP contribution >= 0.6 is 0 Å². The van der Waals surface area contributed by atoms with E-state index in [1.165, 1.54) is 97.1 Å². The molecule has 0 radical (unpaired) electrons. The van der Waals surface area contributed by atoms with Crippen molar-refractivity contribution in [2.75, 3.05) is 39.5 Å². The van der Waals surface area contributed by atoms with Crippen molar-refractivity contribution >= 4 is 79.5 Å². The Balaban J connectivity index is 1.38. The molecule has 4 aromatic rings. The van der Waals surface area contributed by atoms with Gasteiger partial charge in [0.2, 0.25) is 0 Å². The molecule has 0 aliphatic heterocycles. The van der Waals surface area contributed by atoms with Gasteiger partial charge in [0.15, 0.2) is 11.9 Å². The van der Waals surface area contributed by atoms with Gasteiger partial charge < -0.3 is 62.3 Å². The highest BCUT2D eigenvalue weighted by Gasteiger charge is 2.32. The third-order valence-corrected chi connectivity index (χ3v) is 12.8. The molecule has 0 unspecified atom stereocenters. The largest absolute Gasteiger partial charge is 0.481 e. The Kier molecular flexibility index (Phi) is 21.8. The number of hydrogen-bond acceptors (Lipinski definition) is 16. The molecule has 0 aliphatic rings. The molecule has 4 rings (SSSR count). The van der Waals surface area contributed by atoms with Gasteiger partial charge >= 0.3 is 35.8 Å². The van der Waals surface area contributed by atoms with Crippen LogP contribution in [0.5, 0.6) is 11.5 Å². The molecule has 0 heterocycles. The van der Waals surface area contributed by atoms with Gasteiger partial charge in [-0.1, -0.05) is 24.3 Å². The van der Waals surface area contributed by atoms with Crippen molar-refractivity contribution < 1.29 is 85.0 Å². The van der Waals surface area contributed by atoms with Gasteiger partial charge in [0, 0.05) is 26.2 Å². The Morgan fingerprint density at radius 1 is 0.500 bits per heavy atom. The number of aliphatic carboxylic acids is 4. The molecule has 398 valence electrons. The zero-order chi connectivity index (χ0) is 54.6. The maximum Gasteiger partial charge on any atom is 0.343 e. The normalized spacial score (nSPS) is 12.3. The van der Waals surface area contributed by atoms with E-state index in [0.717, 1.165) is 8.61 Å². The van der Waals surface area contributed by atoms with E-state index in [-0.39, 0.29) is 61.0 Å². The fraction of sp³-hybridized carbons (Fsp3) is 0.273.